The first-order valence-electron chi connectivity index (χ1n) is 6.42. The predicted octanol–water partition coefficient (Wildman–Crippen LogP) is 2.38. The lowest BCUT2D eigenvalue weighted by molar-refractivity contribution is 0.772. The molecule has 0 aromatic carbocycles. The van der Waals surface area contributed by atoms with Gasteiger partial charge in [-0.25, -0.2) is 0 Å². The summed E-state index contributed by atoms with van der Waals surface area (Å²) in [7, 11) is 0. The third-order valence-corrected chi connectivity index (χ3v) is 4.39. The second-order valence-corrected chi connectivity index (χ2v) is 6.11. The van der Waals surface area contributed by atoms with E-state index in [-0.39, 0.29) is 0 Å². The largest absolute Gasteiger partial charge is 0.374 e. The Balaban J connectivity index is 2.01. The second kappa shape index (κ2) is 5.30. The Morgan fingerprint density at radius 3 is 3.16 bits per heavy atom. The summed E-state index contributed by atoms with van der Waals surface area (Å²) in [5.74, 6) is 0.997. The number of nitrogens with zero attached hydrogens (tertiary/aromatic N) is 2. The van der Waals surface area contributed by atoms with Gasteiger partial charge in [-0.15, -0.1) is 11.3 Å². The minimum absolute atomic E-state index is 0.308. The highest BCUT2D eigenvalue weighted by atomic mass is 32.1. The predicted molar refractivity (Wildman–Crippen MR) is 83.0 cm³/mol. The number of thiophene rings is 1. The molecule has 3 heterocycles. The van der Waals surface area contributed by atoms with Gasteiger partial charge < -0.3 is 11.1 Å². The minimum atomic E-state index is 0.308. The van der Waals surface area contributed by atoms with Crippen molar-refractivity contribution in [3.8, 4) is 0 Å². The molecule has 0 fully saturated rings. The van der Waals surface area contributed by atoms with Crippen LogP contribution >= 0.6 is 23.6 Å². The van der Waals surface area contributed by atoms with Crippen LogP contribution in [0.25, 0.3) is 0 Å². The first-order valence-corrected chi connectivity index (χ1v) is 7.71. The van der Waals surface area contributed by atoms with Gasteiger partial charge in [0, 0.05) is 23.4 Å². The maximum atomic E-state index is 5.77. The summed E-state index contributed by atoms with van der Waals surface area (Å²) in [5, 5.41) is 10.4. The molecule has 0 spiro atoms. The fourth-order valence-corrected chi connectivity index (χ4v) is 3.29. The number of rotatable bonds is 2. The van der Waals surface area contributed by atoms with Crippen molar-refractivity contribution < 1.29 is 0 Å². The Kier molecular flexibility index (Phi) is 3.52. The Labute approximate surface area is 121 Å². The van der Waals surface area contributed by atoms with E-state index in [1.54, 1.807) is 16.0 Å². The van der Waals surface area contributed by atoms with E-state index in [2.05, 4.69) is 27.9 Å². The van der Waals surface area contributed by atoms with Gasteiger partial charge >= 0.3 is 0 Å². The molecule has 1 aliphatic heterocycles. The van der Waals surface area contributed by atoms with E-state index >= 15 is 0 Å². The molecule has 3 N–H and O–H groups in total. The molecule has 3 rings (SSSR count). The van der Waals surface area contributed by atoms with Crippen LogP contribution in [0.3, 0.4) is 0 Å². The van der Waals surface area contributed by atoms with Crippen LogP contribution in [0.4, 0.5) is 5.82 Å². The monoisotopic (exact) mass is 292 g/mol. The highest BCUT2D eigenvalue weighted by Crippen LogP contribution is 2.27. The number of hydrogen-bond acceptors (Lipinski definition) is 4. The Bertz CT molecular complexity index is 586. The summed E-state index contributed by atoms with van der Waals surface area (Å²) in [6.45, 7) is 0.958. The molecule has 0 amide bonds. The highest BCUT2D eigenvalue weighted by Gasteiger charge is 2.20. The van der Waals surface area contributed by atoms with E-state index in [0.717, 1.165) is 30.9 Å². The minimum Gasteiger partial charge on any atom is -0.374 e. The molecule has 1 aliphatic rings. The number of fused-ring (bicyclic) bond motifs is 1. The summed E-state index contributed by atoms with van der Waals surface area (Å²) < 4.78 is 1.68. The molecule has 0 saturated carbocycles. The highest BCUT2D eigenvalue weighted by molar-refractivity contribution is 7.80. The zero-order chi connectivity index (χ0) is 13.2. The van der Waals surface area contributed by atoms with Crippen LogP contribution in [0.1, 0.15) is 29.0 Å². The zero-order valence-electron chi connectivity index (χ0n) is 10.6. The molecule has 0 saturated heterocycles. The molecular formula is C13H16N4S2. The van der Waals surface area contributed by atoms with Gasteiger partial charge in [0.1, 0.15) is 5.82 Å². The van der Waals surface area contributed by atoms with Crippen LogP contribution in [0.15, 0.2) is 17.5 Å². The first kappa shape index (κ1) is 12.6. The van der Waals surface area contributed by atoms with E-state index < -0.39 is 0 Å². The molecule has 0 bridgehead atoms. The maximum absolute atomic E-state index is 5.77. The smallest absolute Gasteiger partial charge is 0.193 e. The molecule has 100 valence electrons. The molecular weight excluding hydrogens is 276 g/mol. The van der Waals surface area contributed by atoms with Gasteiger partial charge in [0.25, 0.3) is 0 Å². The number of nitrogens with two attached hydrogens (primary N) is 1. The Morgan fingerprint density at radius 1 is 1.53 bits per heavy atom. The second-order valence-electron chi connectivity index (χ2n) is 4.66. The summed E-state index contributed by atoms with van der Waals surface area (Å²) in [4.78, 5) is 1.32. The fourth-order valence-electron chi connectivity index (χ4n) is 2.45. The van der Waals surface area contributed by atoms with Crippen molar-refractivity contribution in [1.82, 2.24) is 9.78 Å². The number of aromatic nitrogens is 2. The van der Waals surface area contributed by atoms with Crippen molar-refractivity contribution in [3.05, 3.63) is 33.6 Å². The van der Waals surface area contributed by atoms with Crippen LogP contribution in [-0.4, -0.2) is 21.4 Å². The number of thiocarbonyl (C=S) groups is 1. The van der Waals surface area contributed by atoms with Gasteiger partial charge in [-0.3, -0.25) is 0 Å². The average molecular weight is 292 g/mol. The summed E-state index contributed by atoms with van der Waals surface area (Å²) in [6.07, 6.45) is 4.26. The van der Waals surface area contributed by atoms with Gasteiger partial charge in [-0.05, 0) is 42.9 Å². The van der Waals surface area contributed by atoms with Crippen LogP contribution in [0.5, 0.6) is 0 Å². The summed E-state index contributed by atoms with van der Waals surface area (Å²) >= 11 is 6.85. The fraction of sp³-hybridized carbons (Fsp3) is 0.385. The van der Waals surface area contributed by atoms with Crippen molar-refractivity contribution >= 4 is 34.5 Å². The van der Waals surface area contributed by atoms with Crippen LogP contribution in [-0.2, 0) is 12.8 Å². The molecule has 4 nitrogen and oxygen atoms in total. The molecule has 0 unspecified atom stereocenters. The molecule has 0 atom stereocenters. The molecule has 2 aromatic rings. The van der Waals surface area contributed by atoms with E-state index in [1.165, 1.54) is 23.3 Å². The molecule has 0 radical (unpaired) electrons. The number of hydrogen-bond donors (Lipinski definition) is 2. The summed E-state index contributed by atoms with van der Waals surface area (Å²) in [5.41, 5.74) is 8.14. The van der Waals surface area contributed by atoms with Crippen molar-refractivity contribution in [3.63, 3.8) is 0 Å². The lowest BCUT2D eigenvalue weighted by atomic mass is 10.1. The summed E-state index contributed by atoms with van der Waals surface area (Å²) in [6, 6.07) is 4.21. The van der Waals surface area contributed by atoms with Gasteiger partial charge in [0.05, 0.1) is 5.69 Å². The zero-order valence-corrected chi connectivity index (χ0v) is 12.2. The molecule has 2 aromatic heterocycles. The van der Waals surface area contributed by atoms with E-state index in [9.17, 15) is 0 Å². The average Bonchev–Trinajstić information content (AvgIpc) is 2.93. The van der Waals surface area contributed by atoms with Crippen molar-refractivity contribution in [2.24, 2.45) is 5.73 Å². The normalized spacial score (nSPS) is 14.5. The van der Waals surface area contributed by atoms with Crippen LogP contribution < -0.4 is 11.1 Å². The lowest BCUT2D eigenvalue weighted by Crippen LogP contribution is -2.23. The first-order chi connectivity index (χ1) is 9.25. The quantitative estimate of drug-likeness (QED) is 0.835. The van der Waals surface area contributed by atoms with Crippen LogP contribution in [0.2, 0.25) is 0 Å². The van der Waals surface area contributed by atoms with Crippen LogP contribution in [0, 0.1) is 0 Å². The SMILES string of the molecule is NC(=S)n1nc(Cc2cccs2)c2c1NCCCC2. The third-order valence-electron chi connectivity index (χ3n) is 3.34. The third kappa shape index (κ3) is 2.50. The Morgan fingerprint density at radius 2 is 2.42 bits per heavy atom. The van der Waals surface area contributed by atoms with Crippen molar-refractivity contribution in [2.45, 2.75) is 25.7 Å². The van der Waals surface area contributed by atoms with Crippen molar-refractivity contribution in [2.75, 3.05) is 11.9 Å². The topological polar surface area (TPSA) is 55.9 Å². The lowest BCUT2D eigenvalue weighted by Gasteiger charge is -2.06. The van der Waals surface area contributed by atoms with E-state index in [1.807, 2.05) is 0 Å². The number of anilines is 1. The molecule has 19 heavy (non-hydrogen) atoms. The van der Waals surface area contributed by atoms with Gasteiger partial charge in [0.2, 0.25) is 0 Å². The standard InChI is InChI=1S/C13H16N4S2/c14-13(18)17-12-10(5-1-2-6-15-12)11(16-17)8-9-4-3-7-19-9/h3-4,7,15H,1-2,5-6,8H2,(H2,14,18). The van der Waals surface area contributed by atoms with E-state index in [0.29, 0.717) is 5.11 Å². The van der Waals surface area contributed by atoms with Gasteiger partial charge in [-0.2, -0.15) is 9.78 Å². The Hall–Kier alpha value is -1.40. The van der Waals surface area contributed by atoms with Gasteiger partial charge in [-0.1, -0.05) is 6.07 Å². The van der Waals surface area contributed by atoms with Gasteiger partial charge in [0.15, 0.2) is 5.11 Å². The van der Waals surface area contributed by atoms with E-state index in [4.69, 9.17) is 18.0 Å². The maximum Gasteiger partial charge on any atom is 0.193 e. The molecule has 0 aliphatic carbocycles. The molecule has 6 heteroatoms. The number of nitrogens with one attached hydrogen (secondary N) is 1. The van der Waals surface area contributed by atoms with Crippen molar-refractivity contribution in [1.29, 1.82) is 0 Å².